The molecule has 0 aliphatic carbocycles. The molecule has 2 aromatic heterocycles. The molecular weight excluding hydrogens is 232 g/mol. The minimum absolute atomic E-state index is 0.199. The van der Waals surface area contributed by atoms with Crippen LogP contribution >= 0.6 is 0 Å². The summed E-state index contributed by atoms with van der Waals surface area (Å²) >= 11 is 0. The van der Waals surface area contributed by atoms with Gasteiger partial charge in [-0.15, -0.1) is 5.10 Å². The number of amides is 1. The van der Waals surface area contributed by atoms with Gasteiger partial charge in [0.05, 0.1) is 6.20 Å². The molecule has 1 N–H and O–H groups in total. The summed E-state index contributed by atoms with van der Waals surface area (Å²) in [7, 11) is 3.56. The molecule has 18 heavy (non-hydrogen) atoms. The van der Waals surface area contributed by atoms with E-state index in [-0.39, 0.29) is 11.7 Å². The highest BCUT2D eigenvalue weighted by atomic mass is 16.2. The second-order valence-corrected chi connectivity index (χ2v) is 4.14. The molecule has 0 atom stereocenters. The molecule has 0 spiro atoms. The van der Waals surface area contributed by atoms with Crippen molar-refractivity contribution in [2.45, 2.75) is 19.9 Å². The van der Waals surface area contributed by atoms with Crippen molar-refractivity contribution in [3.05, 3.63) is 29.6 Å². The number of aryl methyl sites for hydroxylation is 2. The van der Waals surface area contributed by atoms with Gasteiger partial charge in [-0.3, -0.25) is 14.6 Å². The van der Waals surface area contributed by atoms with E-state index in [4.69, 9.17) is 0 Å². The molecule has 0 radical (unpaired) electrons. The first-order chi connectivity index (χ1) is 8.60. The standard InChI is InChI=1S/C11H16N6O/c1-4-9-13-10(15-14-9)11(18)16(2)6-8-5-12-17(3)7-8/h5,7H,4,6H2,1-3H3,(H,13,14,15). The van der Waals surface area contributed by atoms with Gasteiger partial charge in [0.15, 0.2) is 0 Å². The summed E-state index contributed by atoms with van der Waals surface area (Å²) < 4.78 is 1.70. The van der Waals surface area contributed by atoms with Crippen LogP contribution in [-0.2, 0) is 20.0 Å². The van der Waals surface area contributed by atoms with E-state index in [0.29, 0.717) is 12.4 Å². The van der Waals surface area contributed by atoms with Crippen LogP contribution in [0.3, 0.4) is 0 Å². The lowest BCUT2D eigenvalue weighted by atomic mass is 10.3. The van der Waals surface area contributed by atoms with Crippen LogP contribution in [-0.4, -0.2) is 42.8 Å². The molecule has 2 rings (SSSR count). The highest BCUT2D eigenvalue weighted by Gasteiger charge is 2.17. The van der Waals surface area contributed by atoms with Crippen molar-refractivity contribution in [1.29, 1.82) is 0 Å². The fourth-order valence-corrected chi connectivity index (χ4v) is 1.62. The zero-order chi connectivity index (χ0) is 13.1. The zero-order valence-corrected chi connectivity index (χ0v) is 10.7. The number of nitrogens with one attached hydrogen (secondary N) is 1. The van der Waals surface area contributed by atoms with Crippen LogP contribution < -0.4 is 0 Å². The molecule has 0 bridgehead atoms. The van der Waals surface area contributed by atoms with E-state index in [1.807, 2.05) is 20.2 Å². The second-order valence-electron chi connectivity index (χ2n) is 4.14. The van der Waals surface area contributed by atoms with Crippen LogP contribution in [0.4, 0.5) is 0 Å². The van der Waals surface area contributed by atoms with Gasteiger partial charge >= 0.3 is 0 Å². The van der Waals surface area contributed by atoms with Crippen molar-refractivity contribution in [2.24, 2.45) is 7.05 Å². The summed E-state index contributed by atoms with van der Waals surface area (Å²) in [4.78, 5) is 17.7. The topological polar surface area (TPSA) is 79.7 Å². The molecule has 0 aromatic carbocycles. The quantitative estimate of drug-likeness (QED) is 0.848. The van der Waals surface area contributed by atoms with Crippen LogP contribution in [0.1, 0.15) is 28.9 Å². The molecule has 1 amide bonds. The van der Waals surface area contributed by atoms with Crippen molar-refractivity contribution in [2.75, 3.05) is 7.05 Å². The predicted octanol–water partition coefficient (Wildman–Crippen LogP) is 0.373. The largest absolute Gasteiger partial charge is 0.334 e. The first-order valence-electron chi connectivity index (χ1n) is 5.74. The Morgan fingerprint density at radius 2 is 2.33 bits per heavy atom. The number of hydrogen-bond acceptors (Lipinski definition) is 4. The molecule has 96 valence electrons. The number of carbonyl (C=O) groups is 1. The van der Waals surface area contributed by atoms with Crippen molar-refractivity contribution in [3.8, 4) is 0 Å². The van der Waals surface area contributed by atoms with E-state index in [1.54, 1.807) is 22.8 Å². The van der Waals surface area contributed by atoms with E-state index in [9.17, 15) is 4.79 Å². The number of carbonyl (C=O) groups excluding carboxylic acids is 1. The SMILES string of the molecule is CCc1nc(C(=O)N(C)Cc2cnn(C)c2)n[nH]1. The third kappa shape index (κ3) is 2.55. The van der Waals surface area contributed by atoms with E-state index < -0.39 is 0 Å². The normalized spacial score (nSPS) is 10.6. The average Bonchev–Trinajstić information content (AvgIpc) is 2.97. The van der Waals surface area contributed by atoms with Gasteiger partial charge in [0.2, 0.25) is 5.82 Å². The Bertz CT molecular complexity index is 543. The van der Waals surface area contributed by atoms with Crippen LogP contribution in [0.25, 0.3) is 0 Å². The summed E-state index contributed by atoms with van der Waals surface area (Å²) in [6, 6.07) is 0. The molecule has 2 aromatic rings. The van der Waals surface area contributed by atoms with Crippen LogP contribution in [0.5, 0.6) is 0 Å². The van der Waals surface area contributed by atoms with E-state index >= 15 is 0 Å². The second kappa shape index (κ2) is 4.99. The Hall–Kier alpha value is -2.18. The smallest absolute Gasteiger partial charge is 0.293 e. The highest BCUT2D eigenvalue weighted by molar-refractivity contribution is 5.90. The predicted molar refractivity (Wildman–Crippen MR) is 64.8 cm³/mol. The van der Waals surface area contributed by atoms with Crippen LogP contribution in [0, 0.1) is 0 Å². The summed E-state index contributed by atoms with van der Waals surface area (Å²) in [5.41, 5.74) is 0.972. The Morgan fingerprint density at radius 3 is 2.89 bits per heavy atom. The first-order valence-corrected chi connectivity index (χ1v) is 5.74. The molecule has 0 fully saturated rings. The minimum atomic E-state index is -0.199. The van der Waals surface area contributed by atoms with Crippen molar-refractivity contribution >= 4 is 5.91 Å². The molecule has 0 unspecified atom stereocenters. The Kier molecular flexibility index (Phi) is 3.40. The van der Waals surface area contributed by atoms with Gasteiger partial charge in [-0.2, -0.15) is 5.10 Å². The number of H-pyrrole nitrogens is 1. The number of nitrogens with zero attached hydrogens (tertiary/aromatic N) is 5. The Labute approximate surface area is 105 Å². The first kappa shape index (κ1) is 12.3. The summed E-state index contributed by atoms with van der Waals surface area (Å²) in [6.07, 6.45) is 4.34. The lowest BCUT2D eigenvalue weighted by Crippen LogP contribution is -2.27. The third-order valence-electron chi connectivity index (χ3n) is 2.58. The Balaban J connectivity index is 2.04. The van der Waals surface area contributed by atoms with Gasteiger partial charge in [0.1, 0.15) is 5.82 Å². The van der Waals surface area contributed by atoms with Crippen molar-refractivity contribution in [3.63, 3.8) is 0 Å². The maximum atomic E-state index is 12.0. The zero-order valence-electron chi connectivity index (χ0n) is 10.7. The van der Waals surface area contributed by atoms with Crippen LogP contribution in [0.15, 0.2) is 12.4 Å². The van der Waals surface area contributed by atoms with E-state index in [1.165, 1.54) is 0 Å². The summed E-state index contributed by atoms with van der Waals surface area (Å²) in [5, 5.41) is 10.7. The molecule has 7 nitrogen and oxygen atoms in total. The molecule has 2 heterocycles. The molecule has 0 aliphatic rings. The number of rotatable bonds is 4. The maximum absolute atomic E-state index is 12.0. The number of aromatic amines is 1. The highest BCUT2D eigenvalue weighted by Crippen LogP contribution is 2.05. The fourth-order valence-electron chi connectivity index (χ4n) is 1.62. The summed E-state index contributed by atoms with van der Waals surface area (Å²) in [6.45, 7) is 2.44. The lowest BCUT2D eigenvalue weighted by Gasteiger charge is -2.13. The fraction of sp³-hybridized carbons (Fsp3) is 0.455. The Morgan fingerprint density at radius 1 is 1.56 bits per heavy atom. The number of hydrogen-bond donors (Lipinski definition) is 1. The van der Waals surface area contributed by atoms with Gasteiger partial charge in [0.25, 0.3) is 5.91 Å². The average molecular weight is 248 g/mol. The maximum Gasteiger partial charge on any atom is 0.293 e. The van der Waals surface area contributed by atoms with Gasteiger partial charge < -0.3 is 4.90 Å². The molecule has 7 heteroatoms. The van der Waals surface area contributed by atoms with E-state index in [0.717, 1.165) is 12.0 Å². The van der Waals surface area contributed by atoms with Crippen LogP contribution in [0.2, 0.25) is 0 Å². The third-order valence-corrected chi connectivity index (χ3v) is 2.58. The summed E-state index contributed by atoms with van der Waals surface area (Å²) in [5.74, 6) is 0.723. The lowest BCUT2D eigenvalue weighted by molar-refractivity contribution is 0.0773. The van der Waals surface area contributed by atoms with Crippen molar-refractivity contribution < 1.29 is 4.79 Å². The monoisotopic (exact) mass is 248 g/mol. The van der Waals surface area contributed by atoms with E-state index in [2.05, 4.69) is 20.3 Å². The van der Waals surface area contributed by atoms with Gasteiger partial charge in [-0.1, -0.05) is 6.92 Å². The minimum Gasteiger partial charge on any atom is -0.334 e. The van der Waals surface area contributed by atoms with Crippen molar-refractivity contribution in [1.82, 2.24) is 29.9 Å². The van der Waals surface area contributed by atoms with Gasteiger partial charge in [0, 0.05) is 38.8 Å². The molecule has 0 saturated heterocycles. The molecule has 0 saturated carbocycles. The molecular formula is C11H16N6O. The molecule has 0 aliphatic heterocycles. The number of aromatic nitrogens is 5. The van der Waals surface area contributed by atoms with Gasteiger partial charge in [-0.05, 0) is 0 Å². The van der Waals surface area contributed by atoms with Gasteiger partial charge in [-0.25, -0.2) is 4.98 Å².